The third-order valence-electron chi connectivity index (χ3n) is 5.78. The van der Waals surface area contributed by atoms with Crippen LogP contribution in [0.3, 0.4) is 0 Å². The zero-order chi connectivity index (χ0) is 20.7. The van der Waals surface area contributed by atoms with E-state index in [1.807, 2.05) is 13.8 Å². The summed E-state index contributed by atoms with van der Waals surface area (Å²) in [6, 6.07) is 4.74. The van der Waals surface area contributed by atoms with Crippen LogP contribution in [0.2, 0.25) is 0 Å². The van der Waals surface area contributed by atoms with Crippen molar-refractivity contribution in [3.05, 3.63) is 41.2 Å². The molecule has 3 aromatic rings. The van der Waals surface area contributed by atoms with E-state index in [0.29, 0.717) is 6.04 Å². The van der Waals surface area contributed by atoms with Crippen LogP contribution in [0.4, 0.5) is 5.82 Å². The van der Waals surface area contributed by atoms with Crippen LogP contribution in [0, 0.1) is 6.92 Å². The number of aromatic nitrogens is 3. The van der Waals surface area contributed by atoms with Crippen molar-refractivity contribution in [1.82, 2.24) is 15.0 Å². The third kappa shape index (κ3) is 3.50. The maximum Gasteiger partial charge on any atom is 0.144 e. The molecule has 1 fully saturated rings. The molecule has 1 aliphatic rings. The lowest BCUT2D eigenvalue weighted by molar-refractivity contribution is 0.414. The Morgan fingerprint density at radius 3 is 2.52 bits per heavy atom. The summed E-state index contributed by atoms with van der Waals surface area (Å²) in [5.74, 6) is 2.52. The highest BCUT2D eigenvalue weighted by Crippen LogP contribution is 2.39. The number of methoxy groups -OCH3 is 1. The fourth-order valence-electron chi connectivity index (χ4n) is 4.59. The molecular formula is C24H30N4O. The number of anilines is 1. The van der Waals surface area contributed by atoms with Crippen LogP contribution in [0.5, 0.6) is 5.75 Å². The molecule has 0 radical (unpaired) electrons. The Kier molecular flexibility index (Phi) is 5.07. The van der Waals surface area contributed by atoms with Gasteiger partial charge in [0.05, 0.1) is 12.5 Å². The van der Waals surface area contributed by atoms with Crippen molar-refractivity contribution >= 4 is 33.3 Å². The lowest BCUT2D eigenvalue weighted by atomic mass is 9.94. The van der Waals surface area contributed by atoms with Gasteiger partial charge in [-0.15, -0.1) is 0 Å². The number of fused-ring (bicyclic) bond motifs is 3. The summed E-state index contributed by atoms with van der Waals surface area (Å²) >= 11 is 0. The summed E-state index contributed by atoms with van der Waals surface area (Å²) < 4.78 is 5.80. The van der Waals surface area contributed by atoms with Crippen LogP contribution in [0.15, 0.2) is 29.9 Å². The zero-order valence-electron chi connectivity index (χ0n) is 18.1. The van der Waals surface area contributed by atoms with E-state index in [1.54, 1.807) is 7.11 Å². The first-order valence-corrected chi connectivity index (χ1v) is 10.4. The molecule has 2 N–H and O–H groups in total. The van der Waals surface area contributed by atoms with Gasteiger partial charge in [0, 0.05) is 22.5 Å². The van der Waals surface area contributed by atoms with Gasteiger partial charge in [-0.05, 0) is 58.2 Å². The van der Waals surface area contributed by atoms with Crippen molar-refractivity contribution in [3.8, 4) is 5.75 Å². The van der Waals surface area contributed by atoms with Gasteiger partial charge in [0.15, 0.2) is 0 Å². The van der Waals surface area contributed by atoms with Gasteiger partial charge in [0.25, 0.3) is 0 Å². The normalized spacial score (nSPS) is 14.5. The van der Waals surface area contributed by atoms with Gasteiger partial charge in [-0.2, -0.15) is 0 Å². The first-order valence-electron chi connectivity index (χ1n) is 10.4. The van der Waals surface area contributed by atoms with E-state index >= 15 is 0 Å². The van der Waals surface area contributed by atoms with E-state index < -0.39 is 0 Å². The quantitative estimate of drug-likeness (QED) is 0.513. The van der Waals surface area contributed by atoms with E-state index in [1.165, 1.54) is 31.3 Å². The van der Waals surface area contributed by atoms with Crippen LogP contribution >= 0.6 is 0 Å². The predicted molar refractivity (Wildman–Crippen MR) is 122 cm³/mol. The second-order valence-corrected chi connectivity index (χ2v) is 8.35. The monoisotopic (exact) mass is 390 g/mol. The van der Waals surface area contributed by atoms with E-state index in [0.717, 1.165) is 56.0 Å². The van der Waals surface area contributed by atoms with E-state index in [-0.39, 0.29) is 0 Å². The maximum absolute atomic E-state index is 5.80. The van der Waals surface area contributed by atoms with Crippen molar-refractivity contribution in [3.63, 3.8) is 0 Å². The largest absolute Gasteiger partial charge is 0.496 e. The van der Waals surface area contributed by atoms with Crippen LogP contribution in [0.25, 0.3) is 27.5 Å². The molecule has 0 aliphatic heterocycles. The van der Waals surface area contributed by atoms with Gasteiger partial charge in [0.1, 0.15) is 23.0 Å². The average Bonchev–Trinajstić information content (AvgIpc) is 3.27. The van der Waals surface area contributed by atoms with Gasteiger partial charge in [-0.1, -0.05) is 30.6 Å². The standard InChI is InChI=1S/C24H30N4O/c1-13(2)21(14(3)4)18-11-19-17(12-20(18)29-6)22-23(27-16-9-7-8-10-16)25-15(5)26-24(22)28-19/h11-12,16H,1,7-10H2,2-6H3,(H2,25,26,27,28). The molecule has 0 atom stereocenters. The topological polar surface area (TPSA) is 62.8 Å². The minimum atomic E-state index is 0.485. The molecule has 0 spiro atoms. The molecule has 0 bridgehead atoms. The minimum Gasteiger partial charge on any atom is -0.496 e. The number of ether oxygens (including phenoxy) is 1. The van der Waals surface area contributed by atoms with Gasteiger partial charge < -0.3 is 15.0 Å². The second kappa shape index (κ2) is 7.54. The third-order valence-corrected chi connectivity index (χ3v) is 5.78. The first kappa shape index (κ1) is 19.5. The number of hydrogen-bond acceptors (Lipinski definition) is 4. The van der Waals surface area contributed by atoms with Crippen molar-refractivity contribution in [1.29, 1.82) is 0 Å². The summed E-state index contributed by atoms with van der Waals surface area (Å²) in [7, 11) is 1.72. The first-order chi connectivity index (χ1) is 13.9. The van der Waals surface area contributed by atoms with Crippen LogP contribution < -0.4 is 10.1 Å². The number of rotatable bonds is 5. The molecule has 0 unspecified atom stereocenters. The van der Waals surface area contributed by atoms with Gasteiger partial charge in [0.2, 0.25) is 0 Å². The van der Waals surface area contributed by atoms with Crippen molar-refractivity contribution in [2.75, 3.05) is 12.4 Å². The summed E-state index contributed by atoms with van der Waals surface area (Å²) in [6.45, 7) is 12.4. The fraction of sp³-hybridized carbons (Fsp3) is 0.417. The van der Waals surface area contributed by atoms with E-state index in [2.05, 4.69) is 47.8 Å². The SMILES string of the molecule is C=C(C)C(=C(C)C)c1cc2[nH]c3nc(C)nc(NC4CCCC4)c3c2cc1OC. The molecule has 0 amide bonds. The van der Waals surface area contributed by atoms with Crippen molar-refractivity contribution in [2.24, 2.45) is 0 Å². The van der Waals surface area contributed by atoms with Crippen molar-refractivity contribution in [2.45, 2.75) is 59.4 Å². The highest BCUT2D eigenvalue weighted by Gasteiger charge is 2.21. The molecule has 2 aromatic heterocycles. The number of aromatic amines is 1. The number of nitrogens with one attached hydrogen (secondary N) is 2. The highest BCUT2D eigenvalue weighted by atomic mass is 16.5. The van der Waals surface area contributed by atoms with Gasteiger partial charge >= 0.3 is 0 Å². The lowest BCUT2D eigenvalue weighted by Gasteiger charge is -2.16. The van der Waals surface area contributed by atoms with E-state index in [4.69, 9.17) is 9.72 Å². The summed E-state index contributed by atoms with van der Waals surface area (Å²) in [5.41, 5.74) is 6.32. The van der Waals surface area contributed by atoms with Crippen LogP contribution in [0.1, 0.15) is 57.8 Å². The minimum absolute atomic E-state index is 0.485. The molecule has 1 aliphatic carbocycles. The Labute approximate surface area is 172 Å². The number of benzene rings is 1. The summed E-state index contributed by atoms with van der Waals surface area (Å²) in [5, 5.41) is 5.80. The number of hydrogen-bond donors (Lipinski definition) is 2. The molecular weight excluding hydrogens is 360 g/mol. The number of aryl methyl sites for hydroxylation is 1. The molecule has 5 heteroatoms. The second-order valence-electron chi connectivity index (χ2n) is 8.35. The molecule has 152 valence electrons. The predicted octanol–water partition coefficient (Wildman–Crippen LogP) is 6.15. The molecule has 29 heavy (non-hydrogen) atoms. The molecule has 4 rings (SSSR count). The molecule has 2 heterocycles. The number of H-pyrrole nitrogens is 1. The summed E-state index contributed by atoms with van der Waals surface area (Å²) in [4.78, 5) is 12.9. The van der Waals surface area contributed by atoms with Crippen LogP contribution in [-0.2, 0) is 0 Å². The number of nitrogens with zero attached hydrogens (tertiary/aromatic N) is 2. The summed E-state index contributed by atoms with van der Waals surface area (Å²) in [6.07, 6.45) is 4.95. The van der Waals surface area contributed by atoms with E-state index in [9.17, 15) is 0 Å². The smallest absolute Gasteiger partial charge is 0.144 e. The molecule has 1 saturated carbocycles. The Balaban J connectivity index is 1.96. The average molecular weight is 391 g/mol. The number of allylic oxidation sites excluding steroid dienone is 3. The van der Waals surface area contributed by atoms with Gasteiger partial charge in [-0.3, -0.25) is 0 Å². The zero-order valence-corrected chi connectivity index (χ0v) is 18.1. The Hall–Kier alpha value is -2.82. The molecule has 0 saturated heterocycles. The Morgan fingerprint density at radius 1 is 1.17 bits per heavy atom. The van der Waals surface area contributed by atoms with Gasteiger partial charge in [-0.25, -0.2) is 9.97 Å². The van der Waals surface area contributed by atoms with Crippen molar-refractivity contribution < 1.29 is 4.74 Å². The van der Waals surface area contributed by atoms with Crippen LogP contribution in [-0.4, -0.2) is 28.1 Å². The Bertz CT molecular complexity index is 1130. The highest BCUT2D eigenvalue weighted by molar-refractivity contribution is 6.12. The molecule has 5 nitrogen and oxygen atoms in total. The maximum atomic E-state index is 5.80. The lowest BCUT2D eigenvalue weighted by Crippen LogP contribution is -2.16. The Morgan fingerprint density at radius 2 is 1.90 bits per heavy atom. The molecule has 1 aromatic carbocycles. The fourth-order valence-corrected chi connectivity index (χ4v) is 4.59.